The summed E-state index contributed by atoms with van der Waals surface area (Å²) in [6.07, 6.45) is 6.93. The number of carboxylic acids is 1. The third kappa shape index (κ3) is 4.88. The number of allylic oxidation sites excluding steroid dienone is 2. The second-order valence-corrected chi connectivity index (χ2v) is 3.39. The molecule has 2 rings (SSSR count). The molecule has 4 heteroatoms. The Labute approximate surface area is 100 Å². The molecule has 17 heavy (non-hydrogen) atoms. The van der Waals surface area contributed by atoms with E-state index >= 15 is 0 Å². The molecule has 1 heterocycles. The average molecular weight is 233 g/mol. The SMILES string of the molecule is C1=CNOC=C1.CC(C(=O)O)c1ccccc1. The molecule has 4 nitrogen and oxygen atoms in total. The molecule has 0 saturated heterocycles. The Balaban J connectivity index is 0.000000202. The van der Waals surface area contributed by atoms with Gasteiger partial charge in [0.2, 0.25) is 0 Å². The van der Waals surface area contributed by atoms with Crippen molar-refractivity contribution >= 4 is 5.97 Å². The lowest BCUT2D eigenvalue weighted by atomic mass is 10.0. The maximum atomic E-state index is 10.5. The summed E-state index contributed by atoms with van der Waals surface area (Å²) >= 11 is 0. The van der Waals surface area contributed by atoms with Crippen molar-refractivity contribution in [3.8, 4) is 0 Å². The molecule has 1 unspecified atom stereocenters. The number of carbonyl (C=O) groups is 1. The fraction of sp³-hybridized carbons (Fsp3) is 0.154. The van der Waals surface area contributed by atoms with Crippen LogP contribution >= 0.6 is 0 Å². The Bertz CT molecular complexity index is 386. The largest absolute Gasteiger partial charge is 0.481 e. The van der Waals surface area contributed by atoms with Crippen LogP contribution in [0, 0.1) is 0 Å². The van der Waals surface area contributed by atoms with Crippen LogP contribution in [0.5, 0.6) is 0 Å². The number of aliphatic carboxylic acids is 1. The molecule has 0 fully saturated rings. The van der Waals surface area contributed by atoms with E-state index in [1.807, 2.05) is 36.4 Å². The number of hydrogen-bond acceptors (Lipinski definition) is 3. The van der Waals surface area contributed by atoms with Gasteiger partial charge in [-0.3, -0.25) is 4.79 Å². The molecule has 0 aliphatic carbocycles. The Hall–Kier alpha value is -2.23. The summed E-state index contributed by atoms with van der Waals surface area (Å²) in [5.41, 5.74) is 3.36. The molecule has 0 spiro atoms. The molecule has 0 radical (unpaired) electrons. The van der Waals surface area contributed by atoms with E-state index in [1.54, 1.807) is 25.5 Å². The zero-order valence-electron chi connectivity index (χ0n) is 9.54. The fourth-order valence-corrected chi connectivity index (χ4v) is 1.14. The topological polar surface area (TPSA) is 58.6 Å². The highest BCUT2D eigenvalue weighted by Crippen LogP contribution is 2.13. The second kappa shape index (κ2) is 7.11. The molecule has 1 aliphatic heterocycles. The summed E-state index contributed by atoms with van der Waals surface area (Å²) in [6, 6.07) is 9.19. The van der Waals surface area contributed by atoms with Crippen LogP contribution in [0.25, 0.3) is 0 Å². The number of hydrogen-bond donors (Lipinski definition) is 2. The molecule has 1 aliphatic rings. The van der Waals surface area contributed by atoms with Gasteiger partial charge < -0.3 is 9.94 Å². The van der Waals surface area contributed by atoms with Crippen LogP contribution in [0.2, 0.25) is 0 Å². The lowest BCUT2D eigenvalue weighted by Gasteiger charge is -2.04. The Kier molecular flexibility index (Phi) is 5.37. The maximum Gasteiger partial charge on any atom is 0.310 e. The van der Waals surface area contributed by atoms with Gasteiger partial charge in [0, 0.05) is 6.20 Å². The van der Waals surface area contributed by atoms with Crippen molar-refractivity contribution in [1.82, 2.24) is 5.48 Å². The fourth-order valence-electron chi connectivity index (χ4n) is 1.14. The number of carboxylic acid groups (broad SMARTS) is 1. The summed E-state index contributed by atoms with van der Waals surface area (Å²) < 4.78 is 0. The minimum absolute atomic E-state index is 0.406. The van der Waals surface area contributed by atoms with Crippen LogP contribution in [0.1, 0.15) is 18.4 Å². The Morgan fingerprint density at radius 1 is 1.29 bits per heavy atom. The normalized spacial score (nSPS) is 13.7. The van der Waals surface area contributed by atoms with Crippen molar-refractivity contribution in [2.75, 3.05) is 0 Å². The third-order valence-electron chi connectivity index (χ3n) is 2.16. The summed E-state index contributed by atoms with van der Waals surface area (Å²) in [7, 11) is 0. The number of rotatable bonds is 2. The lowest BCUT2D eigenvalue weighted by Crippen LogP contribution is -2.06. The smallest absolute Gasteiger partial charge is 0.310 e. The predicted octanol–water partition coefficient (Wildman–Crippen LogP) is 2.42. The second-order valence-electron chi connectivity index (χ2n) is 3.39. The number of benzene rings is 1. The Morgan fingerprint density at radius 3 is 2.35 bits per heavy atom. The van der Waals surface area contributed by atoms with Gasteiger partial charge >= 0.3 is 5.97 Å². The average Bonchev–Trinajstić information content (AvgIpc) is 2.41. The monoisotopic (exact) mass is 233 g/mol. The van der Waals surface area contributed by atoms with E-state index in [4.69, 9.17) is 5.11 Å². The molecule has 2 N–H and O–H groups in total. The van der Waals surface area contributed by atoms with Gasteiger partial charge in [0.15, 0.2) is 0 Å². The van der Waals surface area contributed by atoms with Crippen molar-refractivity contribution in [2.45, 2.75) is 12.8 Å². The first-order valence-corrected chi connectivity index (χ1v) is 5.22. The van der Waals surface area contributed by atoms with Crippen molar-refractivity contribution in [3.05, 3.63) is 60.5 Å². The van der Waals surface area contributed by atoms with Crippen LogP contribution in [0.4, 0.5) is 0 Å². The van der Waals surface area contributed by atoms with Crippen LogP contribution in [-0.4, -0.2) is 11.1 Å². The first-order valence-electron chi connectivity index (χ1n) is 5.22. The summed E-state index contributed by atoms with van der Waals surface area (Å²) in [5.74, 6) is -1.19. The highest BCUT2D eigenvalue weighted by Gasteiger charge is 2.11. The van der Waals surface area contributed by atoms with Crippen LogP contribution < -0.4 is 5.48 Å². The van der Waals surface area contributed by atoms with Gasteiger partial charge in [-0.15, -0.1) is 0 Å². The number of hydroxylamine groups is 1. The quantitative estimate of drug-likeness (QED) is 0.823. The van der Waals surface area contributed by atoms with Crippen LogP contribution in [0.15, 0.2) is 54.9 Å². The third-order valence-corrected chi connectivity index (χ3v) is 2.16. The van der Waals surface area contributed by atoms with E-state index in [9.17, 15) is 4.79 Å². The molecule has 90 valence electrons. The maximum absolute atomic E-state index is 10.5. The zero-order valence-corrected chi connectivity index (χ0v) is 9.54. The van der Waals surface area contributed by atoms with Gasteiger partial charge in [0.05, 0.1) is 5.92 Å². The van der Waals surface area contributed by atoms with Gasteiger partial charge in [-0.25, -0.2) is 5.48 Å². The molecule has 1 aromatic carbocycles. The standard InChI is InChI=1S/C9H10O2.C4H5NO/c1-7(9(10)11)8-5-3-2-4-6-8;1-2-4-6-5-3-1/h2-7H,1H3,(H,10,11);1-5H. The van der Waals surface area contributed by atoms with E-state index in [0.29, 0.717) is 0 Å². The lowest BCUT2D eigenvalue weighted by molar-refractivity contribution is -0.138. The van der Waals surface area contributed by atoms with Crippen LogP contribution in [-0.2, 0) is 9.63 Å². The van der Waals surface area contributed by atoms with E-state index < -0.39 is 11.9 Å². The van der Waals surface area contributed by atoms with E-state index in [0.717, 1.165) is 5.56 Å². The zero-order chi connectivity index (χ0) is 12.5. The molecule has 0 saturated carbocycles. The van der Waals surface area contributed by atoms with E-state index in [1.165, 1.54) is 0 Å². The van der Waals surface area contributed by atoms with Crippen molar-refractivity contribution < 1.29 is 14.7 Å². The molecule has 0 aromatic heterocycles. The highest BCUT2D eigenvalue weighted by atomic mass is 16.6. The van der Waals surface area contributed by atoms with Gasteiger partial charge in [-0.1, -0.05) is 30.3 Å². The van der Waals surface area contributed by atoms with Crippen LogP contribution in [0.3, 0.4) is 0 Å². The van der Waals surface area contributed by atoms with E-state index in [2.05, 4.69) is 10.3 Å². The summed E-state index contributed by atoms with van der Waals surface area (Å²) in [5, 5.41) is 8.64. The molecule has 1 atom stereocenters. The predicted molar refractivity (Wildman–Crippen MR) is 65.0 cm³/mol. The molecule has 0 amide bonds. The first kappa shape index (κ1) is 12.8. The molecular formula is C13H15NO3. The van der Waals surface area contributed by atoms with Crippen molar-refractivity contribution in [2.24, 2.45) is 0 Å². The van der Waals surface area contributed by atoms with E-state index in [-0.39, 0.29) is 0 Å². The highest BCUT2D eigenvalue weighted by molar-refractivity contribution is 5.75. The van der Waals surface area contributed by atoms with Gasteiger partial charge in [-0.05, 0) is 24.6 Å². The summed E-state index contributed by atoms with van der Waals surface area (Å²) in [4.78, 5) is 15.1. The summed E-state index contributed by atoms with van der Waals surface area (Å²) in [6.45, 7) is 1.68. The van der Waals surface area contributed by atoms with Gasteiger partial charge in [0.1, 0.15) is 6.26 Å². The van der Waals surface area contributed by atoms with Crippen molar-refractivity contribution in [1.29, 1.82) is 0 Å². The molecular weight excluding hydrogens is 218 g/mol. The van der Waals surface area contributed by atoms with Gasteiger partial charge in [0.25, 0.3) is 0 Å². The minimum atomic E-state index is -0.781. The van der Waals surface area contributed by atoms with Crippen molar-refractivity contribution in [3.63, 3.8) is 0 Å². The molecule has 1 aromatic rings. The first-order chi connectivity index (χ1) is 8.22. The minimum Gasteiger partial charge on any atom is -0.481 e. The van der Waals surface area contributed by atoms with Gasteiger partial charge in [-0.2, -0.15) is 0 Å². The Morgan fingerprint density at radius 2 is 2.00 bits per heavy atom. The molecule has 0 bridgehead atoms. The number of nitrogens with one attached hydrogen (secondary N) is 1.